The maximum absolute atomic E-state index is 11.6. The Bertz CT molecular complexity index is 450. The minimum Gasteiger partial charge on any atom is -0.497 e. The molecule has 1 rings (SSSR count). The van der Waals surface area contributed by atoms with E-state index < -0.39 is 12.1 Å². The number of hydrogen-bond acceptors (Lipinski definition) is 6. The highest BCUT2D eigenvalue weighted by molar-refractivity contribution is 5.85. The average Bonchev–Trinajstić information content (AvgIpc) is 2.51. The molecule has 22 heavy (non-hydrogen) atoms. The highest BCUT2D eigenvalue weighted by Gasteiger charge is 2.16. The van der Waals surface area contributed by atoms with Crippen molar-refractivity contribution < 1.29 is 24.1 Å². The lowest BCUT2D eigenvalue weighted by molar-refractivity contribution is -0.123. The molecule has 0 aliphatic rings. The molecule has 2 unspecified atom stereocenters. The highest BCUT2D eigenvalue weighted by atomic mass is 35.5. The molecule has 1 aromatic carbocycles. The Balaban J connectivity index is 0.00000441. The number of amides is 1. The summed E-state index contributed by atoms with van der Waals surface area (Å²) in [6.45, 7) is 0.154. The van der Waals surface area contributed by atoms with Crippen molar-refractivity contribution in [3.05, 3.63) is 23.8 Å². The summed E-state index contributed by atoms with van der Waals surface area (Å²) >= 11 is 0. The molecule has 126 valence electrons. The molecule has 0 saturated carbocycles. The number of aliphatic hydroxyl groups is 1. The van der Waals surface area contributed by atoms with E-state index in [1.165, 1.54) is 21.3 Å². The first-order chi connectivity index (χ1) is 10.0. The van der Waals surface area contributed by atoms with E-state index in [1.807, 2.05) is 0 Å². The fourth-order valence-corrected chi connectivity index (χ4v) is 1.72. The topological polar surface area (TPSA) is 103 Å². The largest absolute Gasteiger partial charge is 0.497 e. The second-order valence-corrected chi connectivity index (χ2v) is 4.47. The Morgan fingerprint density at radius 3 is 2.23 bits per heavy atom. The molecule has 2 atom stereocenters. The second-order valence-electron chi connectivity index (χ2n) is 4.47. The molecule has 8 heteroatoms. The molecule has 0 bridgehead atoms. The molecular weight excluding hydrogens is 312 g/mol. The Morgan fingerprint density at radius 2 is 1.77 bits per heavy atom. The number of carbonyl (C=O) groups excluding carboxylic acids is 1. The number of aliphatic hydroxyl groups excluding tert-OH is 1. The van der Waals surface area contributed by atoms with Crippen molar-refractivity contribution in [1.29, 1.82) is 0 Å². The standard InChI is InChI=1S/C14H22N2O5.ClH/c1-19-8-12(15)14(18)16-7-13(17)9-4-10(20-2)6-11(5-9)21-3;/h4-6,12-13,17H,7-8,15H2,1-3H3,(H,16,18);1H. The predicted octanol–water partition coefficient (Wildman–Crippen LogP) is 0.249. The number of halogens is 1. The summed E-state index contributed by atoms with van der Waals surface area (Å²) < 4.78 is 15.1. The van der Waals surface area contributed by atoms with Crippen LogP contribution in [0, 0.1) is 0 Å². The molecule has 0 radical (unpaired) electrons. The molecule has 0 heterocycles. The van der Waals surface area contributed by atoms with Gasteiger partial charge in [-0.3, -0.25) is 4.79 Å². The molecular formula is C14H23ClN2O5. The Morgan fingerprint density at radius 1 is 1.23 bits per heavy atom. The van der Waals surface area contributed by atoms with Crippen LogP contribution in [-0.2, 0) is 9.53 Å². The first-order valence-electron chi connectivity index (χ1n) is 6.45. The third-order valence-corrected chi connectivity index (χ3v) is 2.91. The van der Waals surface area contributed by atoms with E-state index in [9.17, 15) is 9.90 Å². The average molecular weight is 335 g/mol. The highest BCUT2D eigenvalue weighted by Crippen LogP contribution is 2.26. The summed E-state index contributed by atoms with van der Waals surface area (Å²) in [7, 11) is 4.51. The van der Waals surface area contributed by atoms with E-state index in [-0.39, 0.29) is 31.5 Å². The normalized spacial score (nSPS) is 12.8. The van der Waals surface area contributed by atoms with Crippen LogP contribution in [0.2, 0.25) is 0 Å². The van der Waals surface area contributed by atoms with Gasteiger partial charge < -0.3 is 30.4 Å². The maximum atomic E-state index is 11.6. The quantitative estimate of drug-likeness (QED) is 0.629. The number of ether oxygens (including phenoxy) is 3. The summed E-state index contributed by atoms with van der Waals surface area (Å²) in [6.07, 6.45) is -0.896. The number of hydrogen-bond donors (Lipinski definition) is 3. The molecule has 0 spiro atoms. The van der Waals surface area contributed by atoms with Crippen LogP contribution in [0.4, 0.5) is 0 Å². The van der Waals surface area contributed by atoms with E-state index in [4.69, 9.17) is 19.9 Å². The van der Waals surface area contributed by atoms with Gasteiger partial charge in [0.05, 0.1) is 26.9 Å². The minimum absolute atomic E-state index is 0. The zero-order chi connectivity index (χ0) is 15.8. The zero-order valence-electron chi connectivity index (χ0n) is 12.9. The smallest absolute Gasteiger partial charge is 0.239 e. The van der Waals surface area contributed by atoms with Crippen molar-refractivity contribution >= 4 is 18.3 Å². The molecule has 1 aromatic rings. The number of nitrogens with two attached hydrogens (primary N) is 1. The molecule has 0 saturated heterocycles. The van der Waals surface area contributed by atoms with Gasteiger partial charge in [0.25, 0.3) is 0 Å². The monoisotopic (exact) mass is 334 g/mol. The first-order valence-corrected chi connectivity index (χ1v) is 6.45. The zero-order valence-corrected chi connectivity index (χ0v) is 13.7. The Kier molecular flexibility index (Phi) is 9.51. The van der Waals surface area contributed by atoms with Gasteiger partial charge in [-0.2, -0.15) is 0 Å². The third kappa shape index (κ3) is 6.07. The molecule has 7 nitrogen and oxygen atoms in total. The Hall–Kier alpha value is -1.54. The van der Waals surface area contributed by atoms with Gasteiger partial charge in [-0.15, -0.1) is 12.4 Å². The molecule has 4 N–H and O–H groups in total. The lowest BCUT2D eigenvalue weighted by Crippen LogP contribution is -2.44. The van der Waals surface area contributed by atoms with Crippen molar-refractivity contribution in [2.75, 3.05) is 34.5 Å². The van der Waals surface area contributed by atoms with Crippen LogP contribution in [0.15, 0.2) is 18.2 Å². The summed E-state index contributed by atoms with van der Waals surface area (Å²) in [6, 6.07) is 4.29. The van der Waals surface area contributed by atoms with Gasteiger partial charge in [0.1, 0.15) is 17.5 Å². The van der Waals surface area contributed by atoms with Crippen LogP contribution >= 0.6 is 12.4 Å². The van der Waals surface area contributed by atoms with Crippen LogP contribution in [0.3, 0.4) is 0 Å². The van der Waals surface area contributed by atoms with Gasteiger partial charge in [-0.05, 0) is 17.7 Å². The SMILES string of the molecule is COCC(N)C(=O)NCC(O)c1cc(OC)cc(OC)c1.Cl. The molecule has 0 fully saturated rings. The number of nitrogens with one attached hydrogen (secondary N) is 1. The lowest BCUT2D eigenvalue weighted by Gasteiger charge is -2.16. The maximum Gasteiger partial charge on any atom is 0.239 e. The lowest BCUT2D eigenvalue weighted by atomic mass is 10.1. The van der Waals surface area contributed by atoms with Gasteiger partial charge in [0, 0.05) is 19.7 Å². The summed E-state index contributed by atoms with van der Waals surface area (Å²) in [5.74, 6) is 0.738. The predicted molar refractivity (Wildman–Crippen MR) is 84.6 cm³/mol. The summed E-state index contributed by atoms with van der Waals surface area (Å²) in [5.41, 5.74) is 6.16. The second kappa shape index (κ2) is 10.2. The molecule has 0 aliphatic heterocycles. The van der Waals surface area contributed by atoms with Gasteiger partial charge in [0.2, 0.25) is 5.91 Å². The van der Waals surface area contributed by atoms with E-state index in [1.54, 1.807) is 18.2 Å². The molecule has 0 aliphatic carbocycles. The van der Waals surface area contributed by atoms with Gasteiger partial charge in [-0.1, -0.05) is 0 Å². The van der Waals surface area contributed by atoms with Crippen LogP contribution in [-0.4, -0.2) is 51.5 Å². The van der Waals surface area contributed by atoms with Crippen molar-refractivity contribution in [1.82, 2.24) is 5.32 Å². The van der Waals surface area contributed by atoms with Crippen LogP contribution < -0.4 is 20.5 Å². The fourth-order valence-electron chi connectivity index (χ4n) is 1.72. The van der Waals surface area contributed by atoms with Crippen molar-refractivity contribution in [3.8, 4) is 11.5 Å². The molecule has 1 amide bonds. The van der Waals surface area contributed by atoms with Crippen molar-refractivity contribution in [3.63, 3.8) is 0 Å². The fraction of sp³-hybridized carbons (Fsp3) is 0.500. The number of methoxy groups -OCH3 is 3. The van der Waals surface area contributed by atoms with Crippen LogP contribution in [0.1, 0.15) is 11.7 Å². The summed E-state index contributed by atoms with van der Waals surface area (Å²) in [4.78, 5) is 11.6. The van der Waals surface area contributed by atoms with Gasteiger partial charge in [0.15, 0.2) is 0 Å². The minimum atomic E-state index is -0.896. The van der Waals surface area contributed by atoms with Crippen molar-refractivity contribution in [2.45, 2.75) is 12.1 Å². The number of carbonyl (C=O) groups is 1. The first kappa shape index (κ1) is 20.5. The number of rotatable bonds is 8. The van der Waals surface area contributed by atoms with Crippen molar-refractivity contribution in [2.24, 2.45) is 5.73 Å². The Labute approximate surface area is 136 Å². The van der Waals surface area contributed by atoms with Crippen LogP contribution in [0.5, 0.6) is 11.5 Å². The van der Waals surface area contributed by atoms with Gasteiger partial charge in [-0.25, -0.2) is 0 Å². The van der Waals surface area contributed by atoms with E-state index >= 15 is 0 Å². The molecule has 0 aromatic heterocycles. The van der Waals surface area contributed by atoms with E-state index in [0.29, 0.717) is 17.1 Å². The van der Waals surface area contributed by atoms with Gasteiger partial charge >= 0.3 is 0 Å². The van der Waals surface area contributed by atoms with E-state index in [2.05, 4.69) is 5.32 Å². The van der Waals surface area contributed by atoms with E-state index in [0.717, 1.165) is 0 Å². The summed E-state index contributed by atoms with van der Waals surface area (Å²) in [5, 5.41) is 12.7. The number of benzene rings is 1. The van der Waals surface area contributed by atoms with Crippen LogP contribution in [0.25, 0.3) is 0 Å². The third-order valence-electron chi connectivity index (χ3n) is 2.91.